The van der Waals surface area contributed by atoms with Crippen LogP contribution in [0.1, 0.15) is 42.2 Å². The van der Waals surface area contributed by atoms with E-state index in [1.807, 2.05) is 43.4 Å². The topological polar surface area (TPSA) is 94.7 Å². The largest absolute Gasteiger partial charge is 0.348 e. The summed E-state index contributed by atoms with van der Waals surface area (Å²) >= 11 is 0. The van der Waals surface area contributed by atoms with Crippen molar-refractivity contribution in [3.05, 3.63) is 77.0 Å². The fourth-order valence-electron chi connectivity index (χ4n) is 4.46. The van der Waals surface area contributed by atoms with E-state index in [-0.39, 0.29) is 23.6 Å². The number of hydrogen-bond donors (Lipinski definition) is 1. The molecule has 1 aliphatic rings. The number of fused-ring (bicyclic) bond motifs is 1. The van der Waals surface area contributed by atoms with Gasteiger partial charge in [-0.2, -0.15) is 10.2 Å². The van der Waals surface area contributed by atoms with Crippen LogP contribution in [0.25, 0.3) is 22.2 Å². The molecule has 1 amide bonds. The van der Waals surface area contributed by atoms with Crippen LogP contribution >= 0.6 is 0 Å². The lowest BCUT2D eigenvalue weighted by molar-refractivity contribution is 0.0917. The lowest BCUT2D eigenvalue weighted by Gasteiger charge is -2.29. The Morgan fingerprint density at radius 2 is 1.81 bits per heavy atom. The van der Waals surface area contributed by atoms with Gasteiger partial charge >= 0.3 is 0 Å². The number of pyridine rings is 1. The van der Waals surface area contributed by atoms with Gasteiger partial charge in [-0.15, -0.1) is 0 Å². The van der Waals surface area contributed by atoms with Crippen LogP contribution in [0.15, 0.2) is 65.7 Å². The van der Waals surface area contributed by atoms with E-state index in [4.69, 9.17) is 0 Å². The summed E-state index contributed by atoms with van der Waals surface area (Å²) in [4.78, 5) is 29.5. The van der Waals surface area contributed by atoms with Crippen molar-refractivity contribution in [3.8, 4) is 11.3 Å². The highest BCUT2D eigenvalue weighted by atomic mass is 16.2. The Balaban J connectivity index is 1.27. The van der Waals surface area contributed by atoms with Crippen LogP contribution in [0.4, 0.5) is 0 Å². The first kappa shape index (κ1) is 20.1. The fourth-order valence-corrected chi connectivity index (χ4v) is 4.46. The lowest BCUT2D eigenvalue weighted by Crippen LogP contribution is -2.39. The first-order valence-electron chi connectivity index (χ1n) is 10.8. The fraction of sp³-hybridized carbons (Fsp3) is 0.292. The number of nitrogens with one attached hydrogen (secondary N) is 1. The molecule has 3 aromatic heterocycles. The molecule has 0 atom stereocenters. The molecule has 4 aromatic rings. The standard InChI is InChI=1S/C24H24N6O2/c1-29-21-7-3-2-6-19(21)23(28-29)24(32)26-17-8-10-18(11-9-17)30-22(31)13-12-20(27-30)16-5-4-14-25-15-16/h2-7,12-15,17-18H,8-11H2,1H3,(H,26,32). The van der Waals surface area contributed by atoms with Crippen molar-refractivity contribution < 1.29 is 4.79 Å². The first-order valence-corrected chi connectivity index (χ1v) is 10.8. The van der Waals surface area contributed by atoms with E-state index in [0.717, 1.165) is 47.8 Å². The third-order valence-corrected chi connectivity index (χ3v) is 6.13. The van der Waals surface area contributed by atoms with Crippen molar-refractivity contribution in [2.75, 3.05) is 0 Å². The minimum atomic E-state index is -0.154. The second-order valence-corrected chi connectivity index (χ2v) is 8.21. The highest BCUT2D eigenvalue weighted by Gasteiger charge is 2.26. The molecule has 1 aliphatic carbocycles. The summed E-state index contributed by atoms with van der Waals surface area (Å²) in [6, 6.07) is 14.9. The average Bonchev–Trinajstić information content (AvgIpc) is 3.17. The molecule has 0 saturated heterocycles. The van der Waals surface area contributed by atoms with E-state index < -0.39 is 0 Å². The molecule has 162 valence electrons. The predicted octanol–water partition coefficient (Wildman–Crippen LogP) is 3.11. The molecule has 0 spiro atoms. The van der Waals surface area contributed by atoms with Crippen LogP contribution in [0.3, 0.4) is 0 Å². The smallest absolute Gasteiger partial charge is 0.272 e. The molecule has 0 radical (unpaired) electrons. The molecule has 32 heavy (non-hydrogen) atoms. The molecule has 0 bridgehead atoms. The molecule has 0 aliphatic heterocycles. The molecular weight excluding hydrogens is 404 g/mol. The zero-order chi connectivity index (χ0) is 22.1. The summed E-state index contributed by atoms with van der Waals surface area (Å²) in [7, 11) is 1.84. The van der Waals surface area contributed by atoms with E-state index in [1.54, 1.807) is 33.9 Å². The minimum absolute atomic E-state index is 0.0166. The van der Waals surface area contributed by atoms with Crippen molar-refractivity contribution in [2.24, 2.45) is 7.05 Å². The molecule has 5 rings (SSSR count). The highest BCUT2D eigenvalue weighted by molar-refractivity contribution is 6.04. The minimum Gasteiger partial charge on any atom is -0.348 e. The Morgan fingerprint density at radius 3 is 2.59 bits per heavy atom. The van der Waals surface area contributed by atoms with Gasteiger partial charge in [-0.1, -0.05) is 18.2 Å². The third kappa shape index (κ3) is 3.79. The molecule has 8 nitrogen and oxygen atoms in total. The number of aromatic nitrogens is 5. The predicted molar refractivity (Wildman–Crippen MR) is 121 cm³/mol. The number of aryl methyl sites for hydroxylation is 1. The SMILES string of the molecule is Cn1nc(C(=O)NC2CCC(n3nc(-c4cccnc4)ccc3=O)CC2)c2ccccc21. The van der Waals surface area contributed by atoms with E-state index >= 15 is 0 Å². The normalized spacial score (nSPS) is 18.5. The second-order valence-electron chi connectivity index (χ2n) is 8.21. The molecule has 8 heteroatoms. The number of nitrogens with zero attached hydrogens (tertiary/aromatic N) is 5. The van der Waals surface area contributed by atoms with Crippen LogP contribution < -0.4 is 10.9 Å². The summed E-state index contributed by atoms with van der Waals surface area (Å²) in [5.74, 6) is -0.154. The maximum Gasteiger partial charge on any atom is 0.272 e. The number of para-hydroxylation sites is 1. The average molecular weight is 428 g/mol. The maximum absolute atomic E-state index is 12.9. The van der Waals surface area contributed by atoms with E-state index in [0.29, 0.717) is 5.69 Å². The van der Waals surface area contributed by atoms with Crippen LogP contribution in [-0.2, 0) is 7.05 Å². The van der Waals surface area contributed by atoms with Crippen molar-refractivity contribution >= 4 is 16.8 Å². The highest BCUT2D eigenvalue weighted by Crippen LogP contribution is 2.28. The monoisotopic (exact) mass is 428 g/mol. The first-order chi connectivity index (χ1) is 15.6. The van der Waals surface area contributed by atoms with Gasteiger partial charge in [-0.05, 0) is 49.9 Å². The van der Waals surface area contributed by atoms with Crippen LogP contribution in [0.5, 0.6) is 0 Å². The third-order valence-electron chi connectivity index (χ3n) is 6.13. The number of rotatable bonds is 4. The van der Waals surface area contributed by atoms with Gasteiger partial charge in [0, 0.05) is 42.5 Å². The summed E-state index contributed by atoms with van der Waals surface area (Å²) < 4.78 is 3.32. The molecule has 1 N–H and O–H groups in total. The van der Waals surface area contributed by atoms with Crippen LogP contribution in [0.2, 0.25) is 0 Å². The molecule has 1 aromatic carbocycles. The number of carbonyl (C=O) groups is 1. The van der Waals surface area contributed by atoms with Crippen LogP contribution in [-0.4, -0.2) is 36.5 Å². The molecule has 3 heterocycles. The van der Waals surface area contributed by atoms with Gasteiger partial charge < -0.3 is 5.32 Å². The van der Waals surface area contributed by atoms with Gasteiger partial charge in [-0.25, -0.2) is 4.68 Å². The van der Waals surface area contributed by atoms with Gasteiger partial charge in [0.15, 0.2) is 5.69 Å². The summed E-state index contributed by atoms with van der Waals surface area (Å²) in [6.07, 6.45) is 6.57. The van der Waals surface area contributed by atoms with Gasteiger partial charge in [0.1, 0.15) is 0 Å². The Kier molecular flexibility index (Phi) is 5.26. The van der Waals surface area contributed by atoms with E-state index in [9.17, 15) is 9.59 Å². The second kappa shape index (κ2) is 8.37. The quantitative estimate of drug-likeness (QED) is 0.539. The van der Waals surface area contributed by atoms with E-state index in [2.05, 4.69) is 20.5 Å². The number of amides is 1. The van der Waals surface area contributed by atoms with Crippen molar-refractivity contribution in [1.82, 2.24) is 29.9 Å². The van der Waals surface area contributed by atoms with Gasteiger partial charge in [0.2, 0.25) is 0 Å². The van der Waals surface area contributed by atoms with Gasteiger partial charge in [0.05, 0.1) is 17.3 Å². The van der Waals surface area contributed by atoms with Crippen LogP contribution in [0, 0.1) is 0 Å². The Bertz CT molecular complexity index is 1320. The molecule has 1 saturated carbocycles. The van der Waals surface area contributed by atoms with Crippen molar-refractivity contribution in [3.63, 3.8) is 0 Å². The number of hydrogen-bond acceptors (Lipinski definition) is 5. The summed E-state index contributed by atoms with van der Waals surface area (Å²) in [5, 5.41) is 13.0. The van der Waals surface area contributed by atoms with Gasteiger partial charge in [-0.3, -0.25) is 19.3 Å². The molecule has 1 fully saturated rings. The van der Waals surface area contributed by atoms with Crippen molar-refractivity contribution in [2.45, 2.75) is 37.8 Å². The molecular formula is C24H24N6O2. The van der Waals surface area contributed by atoms with Crippen molar-refractivity contribution in [1.29, 1.82) is 0 Å². The number of carbonyl (C=O) groups excluding carboxylic acids is 1. The summed E-state index contributed by atoms with van der Waals surface area (Å²) in [6.45, 7) is 0. The number of benzene rings is 1. The molecule has 0 unspecified atom stereocenters. The Labute approximate surface area is 184 Å². The maximum atomic E-state index is 12.9. The van der Waals surface area contributed by atoms with E-state index in [1.165, 1.54) is 0 Å². The zero-order valence-electron chi connectivity index (χ0n) is 17.8. The summed E-state index contributed by atoms with van der Waals surface area (Å²) in [5.41, 5.74) is 2.89. The zero-order valence-corrected chi connectivity index (χ0v) is 17.8. The van der Waals surface area contributed by atoms with Gasteiger partial charge in [0.25, 0.3) is 11.5 Å². The lowest BCUT2D eigenvalue weighted by atomic mass is 9.91. The Hall–Kier alpha value is -3.81. The Morgan fingerprint density at radius 1 is 1.00 bits per heavy atom.